The first-order valence-corrected chi connectivity index (χ1v) is 7.58. The monoisotopic (exact) mass is 318 g/mol. The molecule has 0 amide bonds. The minimum atomic E-state index is -4.62. The van der Waals surface area contributed by atoms with Crippen molar-refractivity contribution in [2.75, 3.05) is 26.2 Å². The lowest BCUT2D eigenvalue weighted by Crippen LogP contribution is -2.49. The number of hydrogen-bond acceptors (Lipinski definition) is 4. The van der Waals surface area contributed by atoms with Gasteiger partial charge in [0.15, 0.2) is 0 Å². The fourth-order valence-electron chi connectivity index (χ4n) is 1.88. The van der Waals surface area contributed by atoms with Crippen molar-refractivity contribution in [1.82, 2.24) is 9.03 Å². The first-order chi connectivity index (χ1) is 9.15. The van der Waals surface area contributed by atoms with E-state index in [4.69, 9.17) is 4.74 Å². The number of nitrogens with one attached hydrogen (secondary N) is 1. The van der Waals surface area contributed by atoms with Crippen LogP contribution in [0.5, 0.6) is 0 Å². The van der Waals surface area contributed by atoms with Gasteiger partial charge in [0.25, 0.3) is 10.2 Å². The van der Waals surface area contributed by atoms with Crippen molar-refractivity contribution in [3.8, 4) is 0 Å². The zero-order chi connectivity index (χ0) is 15.4. The van der Waals surface area contributed by atoms with Gasteiger partial charge in [-0.3, -0.25) is 4.79 Å². The smallest absolute Gasteiger partial charge is 0.402 e. The number of esters is 1. The third-order valence-corrected chi connectivity index (χ3v) is 4.32. The van der Waals surface area contributed by atoms with Gasteiger partial charge >= 0.3 is 12.1 Å². The first-order valence-electron chi connectivity index (χ1n) is 6.14. The average Bonchev–Trinajstić information content (AvgIpc) is 2.36. The standard InChI is InChI=1S/C10H17F3N2O4S/c1-2-19-9(16)8-4-3-5-15(6-8)20(17,18)14-7-10(11,12)13/h8,14H,2-7H2,1H3. The van der Waals surface area contributed by atoms with Crippen LogP contribution in [-0.2, 0) is 19.7 Å². The maximum absolute atomic E-state index is 12.0. The Bertz CT molecular complexity index is 438. The van der Waals surface area contributed by atoms with E-state index < -0.39 is 34.8 Å². The molecule has 0 bridgehead atoms. The Hall–Kier alpha value is -0.870. The van der Waals surface area contributed by atoms with Crippen molar-refractivity contribution >= 4 is 16.2 Å². The largest absolute Gasteiger partial charge is 0.466 e. The number of carbonyl (C=O) groups excluding carboxylic acids is 1. The van der Waals surface area contributed by atoms with Gasteiger partial charge in [0, 0.05) is 13.1 Å². The Labute approximate surface area is 115 Å². The highest BCUT2D eigenvalue weighted by Gasteiger charge is 2.36. The number of hydrogen-bond donors (Lipinski definition) is 1. The summed E-state index contributed by atoms with van der Waals surface area (Å²) < 4.78 is 66.7. The average molecular weight is 318 g/mol. The molecule has 10 heteroatoms. The molecular formula is C10H17F3N2O4S. The van der Waals surface area contributed by atoms with Crippen LogP contribution in [-0.4, -0.2) is 51.1 Å². The number of alkyl halides is 3. The molecule has 20 heavy (non-hydrogen) atoms. The highest BCUT2D eigenvalue weighted by atomic mass is 32.2. The molecule has 1 aliphatic heterocycles. The van der Waals surface area contributed by atoms with E-state index in [1.807, 2.05) is 0 Å². The molecule has 1 rings (SSSR count). The number of nitrogens with zero attached hydrogens (tertiary/aromatic N) is 1. The SMILES string of the molecule is CCOC(=O)C1CCCN(S(=O)(=O)NCC(F)(F)F)C1. The quantitative estimate of drug-likeness (QED) is 0.756. The Kier molecular flexibility index (Phi) is 5.78. The fraction of sp³-hybridized carbons (Fsp3) is 0.900. The van der Waals surface area contributed by atoms with Gasteiger partial charge in [0.05, 0.1) is 12.5 Å². The summed E-state index contributed by atoms with van der Waals surface area (Å²) in [6.45, 7) is 0.0968. The van der Waals surface area contributed by atoms with Gasteiger partial charge < -0.3 is 4.74 Å². The van der Waals surface area contributed by atoms with Crippen molar-refractivity contribution < 1.29 is 31.1 Å². The van der Waals surface area contributed by atoms with Crippen molar-refractivity contribution in [1.29, 1.82) is 0 Å². The summed E-state index contributed by atoms with van der Waals surface area (Å²) in [5, 5.41) is 0. The van der Waals surface area contributed by atoms with Gasteiger partial charge in [-0.05, 0) is 19.8 Å². The van der Waals surface area contributed by atoms with Crippen LogP contribution in [0.3, 0.4) is 0 Å². The molecule has 1 N–H and O–H groups in total. The summed E-state index contributed by atoms with van der Waals surface area (Å²) in [6.07, 6.45) is -3.76. The molecule has 0 radical (unpaired) electrons. The molecule has 118 valence electrons. The number of ether oxygens (including phenoxy) is 1. The molecule has 1 atom stereocenters. The molecular weight excluding hydrogens is 301 g/mol. The van der Waals surface area contributed by atoms with E-state index in [2.05, 4.69) is 0 Å². The molecule has 6 nitrogen and oxygen atoms in total. The maximum atomic E-state index is 12.0. The summed E-state index contributed by atoms with van der Waals surface area (Å²) in [5.41, 5.74) is 0. The predicted octanol–water partition coefficient (Wildman–Crippen LogP) is 0.658. The van der Waals surface area contributed by atoms with Gasteiger partial charge in [-0.25, -0.2) is 0 Å². The highest BCUT2D eigenvalue weighted by Crippen LogP contribution is 2.20. The molecule has 1 aliphatic rings. The van der Waals surface area contributed by atoms with Gasteiger partial charge in [-0.1, -0.05) is 0 Å². The molecule has 1 saturated heterocycles. The second-order valence-electron chi connectivity index (χ2n) is 4.39. The lowest BCUT2D eigenvalue weighted by molar-refractivity contribution is -0.149. The van der Waals surface area contributed by atoms with Gasteiger partial charge in [0.1, 0.15) is 6.54 Å². The van der Waals surface area contributed by atoms with Crippen LogP contribution >= 0.6 is 0 Å². The summed E-state index contributed by atoms with van der Waals surface area (Å²) in [6, 6.07) is 0. The summed E-state index contributed by atoms with van der Waals surface area (Å²) in [5.74, 6) is -1.16. The van der Waals surface area contributed by atoms with E-state index >= 15 is 0 Å². The van der Waals surface area contributed by atoms with Crippen LogP contribution in [0.15, 0.2) is 0 Å². The summed E-state index contributed by atoms with van der Waals surface area (Å²) >= 11 is 0. The molecule has 1 unspecified atom stereocenters. The number of piperidine rings is 1. The van der Waals surface area contributed by atoms with E-state index in [1.54, 1.807) is 6.92 Å². The first kappa shape index (κ1) is 17.2. The molecule has 0 saturated carbocycles. The molecule has 0 spiro atoms. The van der Waals surface area contributed by atoms with E-state index in [9.17, 15) is 26.4 Å². The van der Waals surface area contributed by atoms with Crippen molar-refractivity contribution in [2.24, 2.45) is 5.92 Å². The van der Waals surface area contributed by atoms with Gasteiger partial charge in [0.2, 0.25) is 0 Å². The molecule has 0 aliphatic carbocycles. The normalized spacial score (nSPS) is 21.7. The van der Waals surface area contributed by atoms with Crippen LogP contribution < -0.4 is 4.72 Å². The third kappa shape index (κ3) is 5.25. The van der Waals surface area contributed by atoms with Gasteiger partial charge in [-0.2, -0.15) is 30.6 Å². The molecule has 0 aromatic carbocycles. The summed E-state index contributed by atoms with van der Waals surface area (Å²) in [7, 11) is -4.24. The van der Waals surface area contributed by atoms with Crippen molar-refractivity contribution in [3.63, 3.8) is 0 Å². The minimum absolute atomic E-state index is 0.0864. The lowest BCUT2D eigenvalue weighted by Gasteiger charge is -2.30. The Morgan fingerprint density at radius 3 is 2.65 bits per heavy atom. The number of rotatable bonds is 5. The zero-order valence-electron chi connectivity index (χ0n) is 10.9. The van der Waals surface area contributed by atoms with E-state index in [1.165, 1.54) is 4.72 Å². The van der Waals surface area contributed by atoms with Crippen LogP contribution in [0.25, 0.3) is 0 Å². The topological polar surface area (TPSA) is 75.7 Å². The molecule has 0 aromatic rings. The van der Waals surface area contributed by atoms with Crippen LogP contribution in [0.4, 0.5) is 13.2 Å². The van der Waals surface area contributed by atoms with Crippen molar-refractivity contribution in [3.05, 3.63) is 0 Å². The second kappa shape index (κ2) is 6.72. The van der Waals surface area contributed by atoms with Crippen molar-refractivity contribution in [2.45, 2.75) is 25.9 Å². The summed E-state index contributed by atoms with van der Waals surface area (Å²) in [4.78, 5) is 11.5. The second-order valence-corrected chi connectivity index (χ2v) is 6.15. The zero-order valence-corrected chi connectivity index (χ0v) is 11.8. The van der Waals surface area contributed by atoms with Crippen LogP contribution in [0.1, 0.15) is 19.8 Å². The Morgan fingerprint density at radius 1 is 1.45 bits per heavy atom. The number of carbonyl (C=O) groups is 1. The molecule has 1 heterocycles. The van der Waals surface area contributed by atoms with Crippen LogP contribution in [0, 0.1) is 5.92 Å². The highest BCUT2D eigenvalue weighted by molar-refractivity contribution is 7.87. The molecule has 0 aromatic heterocycles. The third-order valence-electron chi connectivity index (χ3n) is 2.80. The van der Waals surface area contributed by atoms with E-state index in [0.29, 0.717) is 12.8 Å². The Balaban J connectivity index is 2.63. The molecule has 1 fully saturated rings. The van der Waals surface area contributed by atoms with E-state index in [-0.39, 0.29) is 19.7 Å². The lowest BCUT2D eigenvalue weighted by atomic mass is 10.0. The number of halogens is 3. The minimum Gasteiger partial charge on any atom is -0.466 e. The van der Waals surface area contributed by atoms with Gasteiger partial charge in [-0.15, -0.1) is 0 Å². The van der Waals surface area contributed by atoms with Crippen LogP contribution in [0.2, 0.25) is 0 Å². The maximum Gasteiger partial charge on any atom is 0.402 e. The fourth-order valence-corrected chi connectivity index (χ4v) is 3.15. The Morgan fingerprint density at radius 2 is 2.10 bits per heavy atom. The van der Waals surface area contributed by atoms with E-state index in [0.717, 1.165) is 4.31 Å². The predicted molar refractivity (Wildman–Crippen MR) is 63.9 cm³/mol.